The number of hydrogen-bond donors (Lipinski definition) is 1. The first-order chi connectivity index (χ1) is 9.81. The quantitative estimate of drug-likeness (QED) is 0.219. The molecule has 1 rings (SSSR count). The van der Waals surface area contributed by atoms with Crippen LogP contribution in [0.25, 0.3) is 0 Å². The lowest BCUT2D eigenvalue weighted by Crippen LogP contribution is -2.47. The highest BCUT2D eigenvalue weighted by Crippen LogP contribution is 2.14. The summed E-state index contributed by atoms with van der Waals surface area (Å²) in [6.45, 7) is 10.9. The maximum Gasteiger partial charge on any atom is 0.194 e. The van der Waals surface area contributed by atoms with Crippen LogP contribution in [-0.2, 0) is 9.47 Å². The number of methoxy groups -OCH3 is 1. The zero-order valence-corrected chi connectivity index (χ0v) is 15.7. The van der Waals surface area contributed by atoms with Gasteiger partial charge in [-0.1, -0.05) is 6.08 Å². The van der Waals surface area contributed by atoms with Crippen LogP contribution in [0.5, 0.6) is 0 Å². The first-order valence-electron chi connectivity index (χ1n) is 7.56. The van der Waals surface area contributed by atoms with Crippen molar-refractivity contribution in [3.8, 4) is 0 Å². The summed E-state index contributed by atoms with van der Waals surface area (Å²) in [5.41, 5.74) is 0. The Kier molecular flexibility index (Phi) is 13.1. The van der Waals surface area contributed by atoms with Crippen LogP contribution in [0.2, 0.25) is 0 Å². The fourth-order valence-corrected chi connectivity index (χ4v) is 2.26. The van der Waals surface area contributed by atoms with E-state index in [0.29, 0.717) is 12.6 Å². The molecule has 0 spiro atoms. The summed E-state index contributed by atoms with van der Waals surface area (Å²) < 4.78 is 10.9. The van der Waals surface area contributed by atoms with Crippen LogP contribution < -0.4 is 5.32 Å². The van der Waals surface area contributed by atoms with E-state index in [1.807, 2.05) is 6.08 Å². The number of hydrogen-bond acceptors (Lipinski definition) is 3. The van der Waals surface area contributed by atoms with E-state index in [4.69, 9.17) is 9.47 Å². The molecule has 0 bridgehead atoms. The van der Waals surface area contributed by atoms with Crippen molar-refractivity contribution in [3.05, 3.63) is 12.7 Å². The van der Waals surface area contributed by atoms with E-state index in [-0.39, 0.29) is 24.0 Å². The van der Waals surface area contributed by atoms with E-state index in [2.05, 4.69) is 28.7 Å². The lowest BCUT2D eigenvalue weighted by molar-refractivity contribution is 0.00991. The Morgan fingerprint density at radius 1 is 1.38 bits per heavy atom. The fourth-order valence-electron chi connectivity index (χ4n) is 2.26. The lowest BCUT2D eigenvalue weighted by Gasteiger charge is -2.34. The molecule has 1 aliphatic rings. The molecule has 0 atom stereocenters. The molecule has 21 heavy (non-hydrogen) atoms. The van der Waals surface area contributed by atoms with Gasteiger partial charge in [-0.2, -0.15) is 0 Å². The van der Waals surface area contributed by atoms with Crippen molar-refractivity contribution < 1.29 is 9.47 Å². The minimum absolute atomic E-state index is 0. The van der Waals surface area contributed by atoms with Gasteiger partial charge in [0.25, 0.3) is 0 Å². The van der Waals surface area contributed by atoms with Crippen LogP contribution in [-0.4, -0.2) is 63.5 Å². The molecule has 1 aliphatic heterocycles. The summed E-state index contributed by atoms with van der Waals surface area (Å²) in [4.78, 5) is 6.83. The molecule has 1 saturated heterocycles. The fraction of sp³-hybridized carbons (Fsp3) is 0.800. The van der Waals surface area contributed by atoms with Crippen molar-refractivity contribution in [1.82, 2.24) is 10.2 Å². The van der Waals surface area contributed by atoms with E-state index in [1.165, 1.54) is 0 Å². The SMILES string of the molecule is C=CCN=C(NCC)N1CCC(OCCCOC)CC1.I. The molecule has 6 heteroatoms. The summed E-state index contributed by atoms with van der Waals surface area (Å²) in [6.07, 6.45) is 5.30. The van der Waals surface area contributed by atoms with Crippen molar-refractivity contribution in [3.63, 3.8) is 0 Å². The largest absolute Gasteiger partial charge is 0.385 e. The molecule has 1 heterocycles. The van der Waals surface area contributed by atoms with Crippen molar-refractivity contribution in [2.45, 2.75) is 32.3 Å². The molecule has 0 aromatic carbocycles. The summed E-state index contributed by atoms with van der Waals surface area (Å²) >= 11 is 0. The molecule has 0 radical (unpaired) electrons. The van der Waals surface area contributed by atoms with Crippen molar-refractivity contribution in [2.75, 3.05) is 46.5 Å². The second-order valence-electron chi connectivity index (χ2n) is 4.89. The zero-order valence-electron chi connectivity index (χ0n) is 13.3. The van der Waals surface area contributed by atoms with Crippen LogP contribution >= 0.6 is 24.0 Å². The Balaban J connectivity index is 0.00000400. The first-order valence-corrected chi connectivity index (χ1v) is 7.56. The average molecular weight is 411 g/mol. The summed E-state index contributed by atoms with van der Waals surface area (Å²) in [7, 11) is 1.73. The van der Waals surface area contributed by atoms with Gasteiger partial charge < -0.3 is 19.7 Å². The molecular formula is C15H30IN3O2. The van der Waals surface area contributed by atoms with Crippen LogP contribution in [0.15, 0.2) is 17.6 Å². The molecular weight excluding hydrogens is 381 g/mol. The Morgan fingerprint density at radius 3 is 2.67 bits per heavy atom. The molecule has 0 saturated carbocycles. The van der Waals surface area contributed by atoms with E-state index < -0.39 is 0 Å². The number of likely N-dealkylation sites (tertiary alicyclic amines) is 1. The van der Waals surface area contributed by atoms with Gasteiger partial charge in [-0.3, -0.25) is 0 Å². The first kappa shape index (κ1) is 20.7. The second-order valence-corrected chi connectivity index (χ2v) is 4.89. The van der Waals surface area contributed by atoms with Crippen LogP contribution in [0.4, 0.5) is 0 Å². The van der Waals surface area contributed by atoms with E-state index >= 15 is 0 Å². The van der Waals surface area contributed by atoms with Gasteiger partial charge in [0, 0.05) is 40.0 Å². The number of nitrogens with zero attached hydrogens (tertiary/aromatic N) is 2. The molecule has 1 fully saturated rings. The molecule has 0 aromatic rings. The Hall–Kier alpha value is -0.340. The molecule has 0 aromatic heterocycles. The molecule has 0 unspecified atom stereocenters. The van der Waals surface area contributed by atoms with Crippen LogP contribution in [0, 0.1) is 0 Å². The van der Waals surface area contributed by atoms with Gasteiger partial charge >= 0.3 is 0 Å². The van der Waals surface area contributed by atoms with Gasteiger partial charge in [0.2, 0.25) is 0 Å². The van der Waals surface area contributed by atoms with E-state index in [1.54, 1.807) is 7.11 Å². The van der Waals surface area contributed by atoms with E-state index in [9.17, 15) is 0 Å². The third-order valence-corrected chi connectivity index (χ3v) is 3.29. The minimum Gasteiger partial charge on any atom is -0.385 e. The minimum atomic E-state index is 0. The zero-order chi connectivity index (χ0) is 14.6. The number of piperidine rings is 1. The van der Waals surface area contributed by atoms with Crippen LogP contribution in [0.3, 0.4) is 0 Å². The highest BCUT2D eigenvalue weighted by Gasteiger charge is 2.21. The van der Waals surface area contributed by atoms with Gasteiger partial charge in [0.1, 0.15) is 0 Å². The highest BCUT2D eigenvalue weighted by atomic mass is 127. The molecule has 0 amide bonds. The maximum atomic E-state index is 5.87. The van der Waals surface area contributed by atoms with Gasteiger partial charge in [0.05, 0.1) is 12.6 Å². The van der Waals surface area contributed by atoms with Crippen molar-refractivity contribution in [2.24, 2.45) is 4.99 Å². The molecule has 5 nitrogen and oxygen atoms in total. The number of ether oxygens (including phenoxy) is 2. The highest BCUT2D eigenvalue weighted by molar-refractivity contribution is 14.0. The average Bonchev–Trinajstić information content (AvgIpc) is 2.49. The number of nitrogens with one attached hydrogen (secondary N) is 1. The molecule has 124 valence electrons. The predicted octanol–water partition coefficient (Wildman–Crippen LogP) is 2.27. The smallest absolute Gasteiger partial charge is 0.194 e. The van der Waals surface area contributed by atoms with Gasteiger partial charge in [-0.25, -0.2) is 4.99 Å². The molecule has 0 aliphatic carbocycles. The number of guanidine groups is 1. The third kappa shape index (κ3) is 8.63. The Bertz CT molecular complexity index is 293. The monoisotopic (exact) mass is 411 g/mol. The van der Waals surface area contributed by atoms with Crippen molar-refractivity contribution >= 4 is 29.9 Å². The van der Waals surface area contributed by atoms with Gasteiger partial charge in [-0.05, 0) is 26.2 Å². The molecule has 1 N–H and O–H groups in total. The number of rotatable bonds is 8. The summed E-state index contributed by atoms with van der Waals surface area (Å²) in [5.74, 6) is 0.991. The standard InChI is InChI=1S/C15H29N3O2.HI/c1-4-9-17-15(16-5-2)18-10-7-14(8-11-18)20-13-6-12-19-3;/h4,14H,1,5-13H2,2-3H3,(H,16,17);1H. The normalized spacial score (nSPS) is 16.5. The maximum absolute atomic E-state index is 5.87. The van der Waals surface area contributed by atoms with Crippen LogP contribution in [0.1, 0.15) is 26.2 Å². The lowest BCUT2D eigenvalue weighted by atomic mass is 10.1. The Morgan fingerprint density at radius 2 is 2.10 bits per heavy atom. The third-order valence-electron chi connectivity index (χ3n) is 3.29. The number of halogens is 1. The summed E-state index contributed by atoms with van der Waals surface area (Å²) in [6, 6.07) is 0. The topological polar surface area (TPSA) is 46.1 Å². The van der Waals surface area contributed by atoms with Crippen molar-refractivity contribution in [1.29, 1.82) is 0 Å². The second kappa shape index (κ2) is 13.3. The van der Waals surface area contributed by atoms with Gasteiger partial charge in [-0.15, -0.1) is 30.6 Å². The number of aliphatic imine (C=N–C) groups is 1. The summed E-state index contributed by atoms with van der Waals surface area (Å²) in [5, 5.41) is 3.33. The van der Waals surface area contributed by atoms with E-state index in [0.717, 1.165) is 58.1 Å². The Labute approximate surface area is 146 Å². The predicted molar refractivity (Wildman–Crippen MR) is 98.6 cm³/mol. The van der Waals surface area contributed by atoms with Gasteiger partial charge in [0.15, 0.2) is 5.96 Å².